The normalized spacial score (nSPS) is 36.2. The predicted molar refractivity (Wildman–Crippen MR) is 134 cm³/mol. The Labute approximate surface area is 205 Å². The van der Waals surface area contributed by atoms with Crippen molar-refractivity contribution >= 4 is 0 Å². The molecule has 3 saturated carbocycles. The Kier molecular flexibility index (Phi) is 8.52. The van der Waals surface area contributed by atoms with E-state index in [0.29, 0.717) is 36.7 Å². The molecule has 0 radical (unpaired) electrons. The minimum Gasteiger partial charge on any atom is -0.393 e. The van der Waals surface area contributed by atoms with Crippen molar-refractivity contribution in [1.29, 1.82) is 0 Å². The Morgan fingerprint density at radius 3 is 2.50 bits per heavy atom. The zero-order valence-electron chi connectivity index (χ0n) is 21.6. The van der Waals surface area contributed by atoms with Crippen LogP contribution in [0.25, 0.3) is 0 Å². The quantitative estimate of drug-likeness (QED) is 0.361. The molecule has 0 aromatic carbocycles. The van der Waals surface area contributed by atoms with Crippen LogP contribution >= 0.6 is 0 Å². The van der Waals surface area contributed by atoms with Gasteiger partial charge >= 0.3 is 0 Å². The highest BCUT2D eigenvalue weighted by Crippen LogP contribution is 2.60. The van der Waals surface area contributed by atoms with E-state index in [4.69, 9.17) is 0 Å². The maximum atomic E-state index is 14.9. The number of allylic oxidation sites excluding steroid dienone is 3. The molecule has 3 fully saturated rings. The SMILES string of the molecule is C=C1/C(=C\C=C2/CCC[C@]3(C)[C@@H]([C@H](C)CCC(F)(F)C(O)(CC)CC)CC[C@@H]23)C[C@@H](O)C[C@@H]1O. The molecule has 0 amide bonds. The van der Waals surface area contributed by atoms with Crippen molar-refractivity contribution in [2.45, 2.75) is 122 Å². The number of aliphatic hydroxyl groups is 3. The summed E-state index contributed by atoms with van der Waals surface area (Å²) in [6, 6.07) is 0. The topological polar surface area (TPSA) is 60.7 Å². The average Bonchev–Trinajstić information content (AvgIpc) is 3.15. The van der Waals surface area contributed by atoms with Gasteiger partial charge in [-0.1, -0.05) is 52.0 Å². The Hall–Kier alpha value is -1.04. The zero-order valence-corrected chi connectivity index (χ0v) is 21.6. The van der Waals surface area contributed by atoms with Gasteiger partial charge in [0.1, 0.15) is 5.60 Å². The molecular weight excluding hydrogens is 434 g/mol. The third-order valence-corrected chi connectivity index (χ3v) is 9.75. The number of hydrogen-bond acceptors (Lipinski definition) is 3. The van der Waals surface area contributed by atoms with Crippen molar-refractivity contribution in [1.82, 2.24) is 0 Å². The molecule has 3 rings (SSSR count). The number of alkyl halides is 2. The molecule has 3 aliphatic rings. The van der Waals surface area contributed by atoms with Gasteiger partial charge in [-0.2, -0.15) is 0 Å². The molecule has 5 heteroatoms. The van der Waals surface area contributed by atoms with Gasteiger partial charge in [-0.05, 0) is 92.1 Å². The van der Waals surface area contributed by atoms with Crippen LogP contribution in [0, 0.1) is 23.2 Å². The molecule has 0 bridgehead atoms. The second-order valence-electron chi connectivity index (χ2n) is 11.6. The number of halogens is 2. The smallest absolute Gasteiger partial charge is 0.276 e. The van der Waals surface area contributed by atoms with E-state index in [-0.39, 0.29) is 30.6 Å². The Morgan fingerprint density at radius 2 is 1.85 bits per heavy atom. The highest BCUT2D eigenvalue weighted by molar-refractivity contribution is 5.38. The largest absolute Gasteiger partial charge is 0.393 e. The second kappa shape index (κ2) is 10.5. The third-order valence-electron chi connectivity index (χ3n) is 9.75. The highest BCUT2D eigenvalue weighted by Gasteiger charge is 2.53. The molecule has 0 aliphatic heterocycles. The van der Waals surface area contributed by atoms with Crippen molar-refractivity contribution in [3.05, 3.63) is 35.5 Å². The standard InChI is InChI=1S/C29H46F2O3/c1-6-28(34,7-2)29(30,31)16-14-19(3)24-12-13-25-21(9-8-15-27(24,25)5)10-11-22-17-23(32)18-26(33)20(22)4/h10-11,19,23-26,32-34H,4,6-9,12-18H2,1-3,5H3/b21-10+,22-11-/t19-,23-,24-,25+,26+,27-/m1/s1. The summed E-state index contributed by atoms with van der Waals surface area (Å²) in [4.78, 5) is 0. The lowest BCUT2D eigenvalue weighted by atomic mass is 9.60. The molecule has 3 aliphatic carbocycles. The number of fused-ring (bicyclic) bond motifs is 1. The lowest BCUT2D eigenvalue weighted by Gasteiger charge is -2.45. The predicted octanol–water partition coefficient (Wildman–Crippen LogP) is 6.73. The molecule has 3 N–H and O–H groups in total. The van der Waals surface area contributed by atoms with Crippen LogP contribution in [0.15, 0.2) is 35.5 Å². The third kappa shape index (κ3) is 5.22. The summed E-state index contributed by atoms with van der Waals surface area (Å²) >= 11 is 0. The van der Waals surface area contributed by atoms with Gasteiger partial charge in [0.2, 0.25) is 0 Å². The molecule has 0 aromatic heterocycles. The molecule has 0 unspecified atom stereocenters. The van der Waals surface area contributed by atoms with Crippen LogP contribution in [0.4, 0.5) is 8.78 Å². The van der Waals surface area contributed by atoms with Crippen LogP contribution in [0.3, 0.4) is 0 Å². The second-order valence-corrected chi connectivity index (χ2v) is 11.6. The van der Waals surface area contributed by atoms with E-state index in [1.54, 1.807) is 13.8 Å². The molecular formula is C29H46F2O3. The molecule has 3 nitrogen and oxygen atoms in total. The summed E-state index contributed by atoms with van der Waals surface area (Å²) in [6.45, 7) is 11.8. The van der Waals surface area contributed by atoms with Crippen molar-refractivity contribution in [3.8, 4) is 0 Å². The summed E-state index contributed by atoms with van der Waals surface area (Å²) in [5.41, 5.74) is 1.24. The maximum absolute atomic E-state index is 14.9. The van der Waals surface area contributed by atoms with Crippen molar-refractivity contribution in [2.24, 2.45) is 23.2 Å². The van der Waals surface area contributed by atoms with Crippen LogP contribution in [0.5, 0.6) is 0 Å². The van der Waals surface area contributed by atoms with Crippen LogP contribution in [-0.4, -0.2) is 39.1 Å². The first-order valence-electron chi connectivity index (χ1n) is 13.4. The zero-order chi connectivity index (χ0) is 25.3. The van der Waals surface area contributed by atoms with Crippen molar-refractivity contribution < 1.29 is 24.1 Å². The van der Waals surface area contributed by atoms with E-state index in [1.165, 1.54) is 5.57 Å². The fourth-order valence-corrected chi connectivity index (χ4v) is 7.29. The van der Waals surface area contributed by atoms with Crippen molar-refractivity contribution in [3.63, 3.8) is 0 Å². The summed E-state index contributed by atoms with van der Waals surface area (Å²) in [7, 11) is 0. The summed E-state index contributed by atoms with van der Waals surface area (Å²) in [6.07, 6.45) is 9.59. The van der Waals surface area contributed by atoms with E-state index in [2.05, 4.69) is 26.5 Å². The van der Waals surface area contributed by atoms with Crippen LogP contribution in [0.2, 0.25) is 0 Å². The first-order chi connectivity index (χ1) is 15.9. The molecule has 0 spiro atoms. The Bertz CT molecular complexity index is 797. The maximum Gasteiger partial charge on any atom is 0.276 e. The van der Waals surface area contributed by atoms with Gasteiger partial charge in [0.25, 0.3) is 5.92 Å². The van der Waals surface area contributed by atoms with Gasteiger partial charge in [-0.25, -0.2) is 8.78 Å². The first kappa shape index (κ1) is 27.5. The fraction of sp³-hybridized carbons (Fsp3) is 0.793. The molecule has 6 atom stereocenters. The lowest BCUT2D eigenvalue weighted by molar-refractivity contribution is -0.190. The number of aliphatic hydroxyl groups excluding tert-OH is 2. The average molecular weight is 481 g/mol. The lowest BCUT2D eigenvalue weighted by Crippen LogP contribution is -2.47. The molecule has 34 heavy (non-hydrogen) atoms. The van der Waals surface area contributed by atoms with Gasteiger partial charge in [-0.3, -0.25) is 0 Å². The number of hydrogen-bond donors (Lipinski definition) is 3. The monoisotopic (exact) mass is 480 g/mol. The van der Waals surface area contributed by atoms with Crippen LogP contribution in [-0.2, 0) is 0 Å². The summed E-state index contributed by atoms with van der Waals surface area (Å²) in [5.74, 6) is -2.04. The van der Waals surface area contributed by atoms with E-state index >= 15 is 0 Å². The van der Waals surface area contributed by atoms with E-state index in [1.807, 2.05) is 6.08 Å². The highest BCUT2D eigenvalue weighted by atomic mass is 19.3. The van der Waals surface area contributed by atoms with Crippen LogP contribution in [0.1, 0.15) is 98.3 Å². The van der Waals surface area contributed by atoms with E-state index in [9.17, 15) is 24.1 Å². The van der Waals surface area contributed by atoms with Gasteiger partial charge in [-0.15, -0.1) is 0 Å². The van der Waals surface area contributed by atoms with Gasteiger partial charge in [0, 0.05) is 12.8 Å². The van der Waals surface area contributed by atoms with Gasteiger partial charge < -0.3 is 15.3 Å². The van der Waals surface area contributed by atoms with Crippen LogP contribution < -0.4 is 0 Å². The summed E-state index contributed by atoms with van der Waals surface area (Å²) < 4.78 is 29.7. The Morgan fingerprint density at radius 1 is 1.18 bits per heavy atom. The number of rotatable bonds is 8. The van der Waals surface area contributed by atoms with Gasteiger partial charge in [0.15, 0.2) is 0 Å². The fourth-order valence-electron chi connectivity index (χ4n) is 7.29. The summed E-state index contributed by atoms with van der Waals surface area (Å²) in [5, 5.41) is 30.6. The minimum absolute atomic E-state index is 0.0677. The molecule has 0 saturated heterocycles. The van der Waals surface area contributed by atoms with Crippen molar-refractivity contribution in [2.75, 3.05) is 0 Å². The Balaban J connectivity index is 1.72. The van der Waals surface area contributed by atoms with E-state index < -0.39 is 23.7 Å². The minimum atomic E-state index is -3.06. The molecule has 0 aromatic rings. The van der Waals surface area contributed by atoms with E-state index in [0.717, 1.165) is 37.7 Å². The molecule has 0 heterocycles. The first-order valence-corrected chi connectivity index (χ1v) is 13.4. The molecule has 194 valence electrons. The van der Waals surface area contributed by atoms with Gasteiger partial charge in [0.05, 0.1) is 12.2 Å².